The number of alkyl halides is 2. The van der Waals surface area contributed by atoms with Crippen molar-refractivity contribution in [3.8, 4) is 11.2 Å². The number of benzene rings is 1. The number of amides is 1. The van der Waals surface area contributed by atoms with Crippen molar-refractivity contribution in [2.75, 3.05) is 31.1 Å². The Kier molecular flexibility index (Phi) is 5.83. The van der Waals surface area contributed by atoms with Crippen LogP contribution in [0.2, 0.25) is 0 Å². The van der Waals surface area contributed by atoms with Crippen molar-refractivity contribution >= 4 is 45.2 Å². The second-order valence-corrected chi connectivity index (χ2v) is 11.5. The fourth-order valence-corrected chi connectivity index (χ4v) is 6.19. The van der Waals surface area contributed by atoms with E-state index in [9.17, 15) is 23.4 Å². The summed E-state index contributed by atoms with van der Waals surface area (Å²) in [4.78, 5) is 16.9. The summed E-state index contributed by atoms with van der Waals surface area (Å²) in [5, 5.41) is 21.8. The summed E-state index contributed by atoms with van der Waals surface area (Å²) in [6, 6.07) is 5.68. The zero-order valence-corrected chi connectivity index (χ0v) is 20.7. The Balaban J connectivity index is 1.36. The largest absolute Gasteiger partial charge is 0.593 e. The van der Waals surface area contributed by atoms with Crippen LogP contribution in [0, 0.1) is 17.2 Å². The van der Waals surface area contributed by atoms with Crippen molar-refractivity contribution in [1.29, 1.82) is 5.26 Å². The van der Waals surface area contributed by atoms with Crippen LogP contribution in [-0.2, 0) is 16.2 Å². The van der Waals surface area contributed by atoms with E-state index in [1.54, 1.807) is 12.3 Å². The van der Waals surface area contributed by atoms with Crippen LogP contribution in [0.15, 0.2) is 23.2 Å². The molecule has 3 fully saturated rings. The number of piperazine rings is 1. The third-order valence-corrected chi connectivity index (χ3v) is 8.91. The molecule has 3 aliphatic rings. The Bertz CT molecular complexity index is 1360. The maximum absolute atomic E-state index is 13.2. The van der Waals surface area contributed by atoms with Gasteiger partial charge in [-0.3, -0.25) is 4.79 Å². The number of halogens is 2. The summed E-state index contributed by atoms with van der Waals surface area (Å²) >= 11 is -0.941. The van der Waals surface area contributed by atoms with Crippen LogP contribution in [0.4, 0.5) is 14.5 Å². The lowest BCUT2D eigenvalue weighted by atomic mass is 10.1. The van der Waals surface area contributed by atoms with Gasteiger partial charge in [0.1, 0.15) is 5.54 Å². The molecule has 3 heterocycles. The molecular weight excluding hydrogens is 510 g/mol. The lowest BCUT2D eigenvalue weighted by Crippen LogP contribution is -2.49. The summed E-state index contributed by atoms with van der Waals surface area (Å²) in [5.41, 5.74) is 0.538. The van der Waals surface area contributed by atoms with Crippen molar-refractivity contribution in [2.24, 2.45) is 5.92 Å². The first kappa shape index (κ1) is 23.5. The molecule has 10 nitrogen and oxygen atoms in total. The molecule has 0 radical (unpaired) electrons. The summed E-state index contributed by atoms with van der Waals surface area (Å²) < 4.78 is 43.8. The average molecular weight is 533 g/mol. The van der Waals surface area contributed by atoms with Crippen LogP contribution in [-0.4, -0.2) is 67.1 Å². The van der Waals surface area contributed by atoms with Gasteiger partial charge in [-0.2, -0.15) is 10.4 Å². The topological polar surface area (TPSA) is 126 Å². The standard InChI is InChI=1S/C22H22F2N8O2S2/c23-18(24)19-27-28-21(35-19)32-17-10-14(36(34)29-22(12-25)3-4-22)9-16(15(17)11-26-32)30-5-7-31(8-6-30)20(33)13-1-2-13/h9-11,13,18,29H,1-8H2. The van der Waals surface area contributed by atoms with Gasteiger partial charge in [0.25, 0.3) is 6.43 Å². The van der Waals surface area contributed by atoms with Crippen LogP contribution in [0.1, 0.15) is 37.1 Å². The summed E-state index contributed by atoms with van der Waals surface area (Å²) in [6.07, 6.45) is 2.07. The number of carbonyl (C=O) groups excluding carboxylic acids is 1. The molecule has 14 heteroatoms. The van der Waals surface area contributed by atoms with E-state index in [0.717, 1.165) is 35.3 Å². The molecule has 3 aromatic rings. The maximum atomic E-state index is 13.2. The number of hydrogen-bond donors (Lipinski definition) is 1. The fraction of sp³-hybridized carbons (Fsp3) is 0.500. The molecule has 36 heavy (non-hydrogen) atoms. The molecule has 1 saturated heterocycles. The fourth-order valence-electron chi connectivity index (χ4n) is 4.36. The SMILES string of the molecule is N#CC1(N[S+]([O-])c2cc(N3CCN(C(=O)C4CC4)CC3)c3cnn(-c4nnc(C(F)F)s4)c3c2)CC1. The minimum atomic E-state index is -2.74. The average Bonchev–Trinajstić information content (AvgIpc) is 3.79. The number of hydrogen-bond acceptors (Lipinski definition) is 9. The third kappa shape index (κ3) is 4.30. The first-order valence-electron chi connectivity index (χ1n) is 11.7. The van der Waals surface area contributed by atoms with E-state index in [4.69, 9.17) is 0 Å². The van der Waals surface area contributed by atoms with E-state index in [1.807, 2.05) is 11.0 Å². The van der Waals surface area contributed by atoms with E-state index in [-0.39, 0.29) is 17.0 Å². The summed E-state index contributed by atoms with van der Waals surface area (Å²) in [5.74, 6) is 0.377. The van der Waals surface area contributed by atoms with Crippen molar-refractivity contribution in [3.05, 3.63) is 23.3 Å². The van der Waals surface area contributed by atoms with Gasteiger partial charge in [-0.25, -0.2) is 13.5 Å². The van der Waals surface area contributed by atoms with Gasteiger partial charge in [0, 0.05) is 49.6 Å². The molecule has 1 unspecified atom stereocenters. The number of nitrogens with one attached hydrogen (secondary N) is 1. The Morgan fingerprint density at radius 2 is 2.00 bits per heavy atom. The lowest BCUT2D eigenvalue weighted by Gasteiger charge is -2.36. The van der Waals surface area contributed by atoms with Gasteiger partial charge in [0.15, 0.2) is 9.90 Å². The van der Waals surface area contributed by atoms with Crippen molar-refractivity contribution in [1.82, 2.24) is 29.6 Å². The number of anilines is 1. The highest BCUT2D eigenvalue weighted by Gasteiger charge is 2.48. The highest BCUT2D eigenvalue weighted by molar-refractivity contribution is 7.89. The molecule has 2 aliphatic carbocycles. The first-order valence-corrected chi connectivity index (χ1v) is 13.6. The van der Waals surface area contributed by atoms with E-state index < -0.39 is 28.3 Å². The zero-order valence-electron chi connectivity index (χ0n) is 19.1. The highest BCUT2D eigenvalue weighted by Crippen LogP contribution is 2.38. The van der Waals surface area contributed by atoms with Gasteiger partial charge in [-0.05, 0) is 25.7 Å². The second-order valence-electron chi connectivity index (χ2n) is 9.31. The Morgan fingerprint density at radius 1 is 1.25 bits per heavy atom. The molecule has 1 atom stereocenters. The van der Waals surface area contributed by atoms with Crippen LogP contribution in [0.25, 0.3) is 16.0 Å². The number of nitrogens with zero attached hydrogens (tertiary/aromatic N) is 7. The van der Waals surface area contributed by atoms with E-state index in [0.29, 0.717) is 49.4 Å². The number of nitriles is 1. The second kappa shape index (κ2) is 8.91. The van der Waals surface area contributed by atoms with Crippen LogP contribution in [0.5, 0.6) is 0 Å². The van der Waals surface area contributed by atoms with Gasteiger partial charge in [-0.15, -0.1) is 14.9 Å². The number of carbonyl (C=O) groups is 1. The molecule has 2 saturated carbocycles. The van der Waals surface area contributed by atoms with Crippen molar-refractivity contribution < 1.29 is 18.1 Å². The number of fused-ring (bicyclic) bond motifs is 1. The molecular formula is C22H22F2N8O2S2. The summed E-state index contributed by atoms with van der Waals surface area (Å²) in [7, 11) is 0. The monoisotopic (exact) mass is 532 g/mol. The Morgan fingerprint density at radius 3 is 2.61 bits per heavy atom. The van der Waals surface area contributed by atoms with Gasteiger partial charge in [0.2, 0.25) is 11.0 Å². The first-order chi connectivity index (χ1) is 17.4. The maximum Gasteiger partial charge on any atom is 0.291 e. The normalized spacial score (nSPS) is 20.1. The highest BCUT2D eigenvalue weighted by atomic mass is 32.2. The van der Waals surface area contributed by atoms with Gasteiger partial charge < -0.3 is 14.4 Å². The predicted molar refractivity (Wildman–Crippen MR) is 128 cm³/mol. The molecule has 6 rings (SSSR count). The molecule has 188 valence electrons. The molecule has 1 aliphatic heterocycles. The number of aromatic nitrogens is 4. The van der Waals surface area contributed by atoms with Crippen LogP contribution < -0.4 is 9.62 Å². The lowest BCUT2D eigenvalue weighted by molar-refractivity contribution is -0.132. The quantitative estimate of drug-likeness (QED) is 0.460. The third-order valence-electron chi connectivity index (χ3n) is 6.76. The smallest absolute Gasteiger partial charge is 0.291 e. The Hall–Kier alpha value is -2.86. The molecule has 0 bridgehead atoms. The molecule has 1 aromatic carbocycles. The molecule has 1 N–H and O–H groups in total. The van der Waals surface area contributed by atoms with Crippen LogP contribution >= 0.6 is 11.3 Å². The molecule has 1 amide bonds. The predicted octanol–water partition coefficient (Wildman–Crippen LogP) is 2.54. The zero-order chi connectivity index (χ0) is 25.0. The Labute approximate surface area is 212 Å². The minimum Gasteiger partial charge on any atom is -0.593 e. The van der Waals surface area contributed by atoms with Crippen LogP contribution in [0.3, 0.4) is 0 Å². The van der Waals surface area contributed by atoms with Crippen molar-refractivity contribution in [3.63, 3.8) is 0 Å². The van der Waals surface area contributed by atoms with E-state index in [2.05, 4.69) is 31.0 Å². The molecule has 0 spiro atoms. The minimum absolute atomic E-state index is 0.165. The summed E-state index contributed by atoms with van der Waals surface area (Å²) in [6.45, 7) is 2.36. The van der Waals surface area contributed by atoms with E-state index in [1.165, 1.54) is 4.68 Å². The number of rotatable bonds is 7. The van der Waals surface area contributed by atoms with Crippen molar-refractivity contribution in [2.45, 2.75) is 42.5 Å². The van der Waals surface area contributed by atoms with Gasteiger partial charge in [-0.1, -0.05) is 11.3 Å². The molecule has 2 aromatic heterocycles. The van der Waals surface area contributed by atoms with E-state index >= 15 is 0 Å². The van der Waals surface area contributed by atoms with Gasteiger partial charge in [0.05, 0.1) is 34.8 Å². The van der Waals surface area contributed by atoms with Gasteiger partial charge >= 0.3 is 0 Å².